The van der Waals surface area contributed by atoms with Crippen LogP contribution in [0.25, 0.3) is 0 Å². The number of benzene rings is 1. The van der Waals surface area contributed by atoms with Crippen molar-refractivity contribution in [1.82, 2.24) is 0 Å². The largest absolute Gasteiger partial charge is 0.399 e. The number of hydrogen-bond donors (Lipinski definition) is 2. The van der Waals surface area contributed by atoms with Crippen LogP contribution in [0.15, 0.2) is 18.2 Å². The van der Waals surface area contributed by atoms with Gasteiger partial charge in [0.25, 0.3) is 0 Å². The lowest BCUT2D eigenvalue weighted by Gasteiger charge is -2.00. The van der Waals surface area contributed by atoms with Crippen molar-refractivity contribution in [3.63, 3.8) is 0 Å². The van der Waals surface area contributed by atoms with Crippen molar-refractivity contribution in [2.75, 3.05) is 11.5 Å². The lowest BCUT2D eigenvalue weighted by Crippen LogP contribution is -1.91. The van der Waals surface area contributed by atoms with E-state index in [1.165, 1.54) is 0 Å². The normalized spacial score (nSPS) is 9.30. The standard InChI is InChI=1S/C6H7ClN2O/c7-10-6-3-4(8)1-2-5(6)9/h1-3H,8-9H2. The van der Waals surface area contributed by atoms with Gasteiger partial charge >= 0.3 is 0 Å². The Morgan fingerprint density at radius 2 is 2.00 bits per heavy atom. The number of nitrogen functional groups attached to an aromatic ring is 2. The van der Waals surface area contributed by atoms with E-state index in [-0.39, 0.29) is 0 Å². The maximum absolute atomic E-state index is 5.43. The highest BCUT2D eigenvalue weighted by Gasteiger charge is 1.98. The van der Waals surface area contributed by atoms with Crippen molar-refractivity contribution >= 4 is 23.2 Å². The minimum absolute atomic E-state index is 0.390. The van der Waals surface area contributed by atoms with Gasteiger partial charge in [-0.25, -0.2) is 0 Å². The average molecular weight is 159 g/mol. The van der Waals surface area contributed by atoms with Gasteiger partial charge in [-0.15, -0.1) is 0 Å². The van der Waals surface area contributed by atoms with Crippen molar-refractivity contribution in [3.05, 3.63) is 18.2 Å². The second-order valence-electron chi connectivity index (χ2n) is 1.87. The maximum Gasteiger partial charge on any atom is 0.171 e. The minimum atomic E-state index is 0.390. The molecule has 0 unspecified atom stereocenters. The second kappa shape index (κ2) is 2.66. The molecule has 0 aromatic heterocycles. The van der Waals surface area contributed by atoms with Crippen molar-refractivity contribution in [3.8, 4) is 5.75 Å². The van der Waals surface area contributed by atoms with Gasteiger partial charge < -0.3 is 15.8 Å². The molecule has 0 saturated carbocycles. The molecule has 0 fully saturated rings. The molecule has 0 atom stereocenters. The van der Waals surface area contributed by atoms with Crippen LogP contribution < -0.4 is 15.8 Å². The smallest absolute Gasteiger partial charge is 0.171 e. The molecular formula is C6H7ClN2O. The third-order valence-electron chi connectivity index (χ3n) is 1.12. The van der Waals surface area contributed by atoms with Gasteiger partial charge in [0.1, 0.15) is 11.9 Å². The van der Waals surface area contributed by atoms with Crippen molar-refractivity contribution < 1.29 is 4.29 Å². The molecule has 0 radical (unpaired) electrons. The summed E-state index contributed by atoms with van der Waals surface area (Å²) >= 11 is 5.07. The van der Waals surface area contributed by atoms with Gasteiger partial charge in [-0.1, -0.05) is 0 Å². The highest BCUT2D eigenvalue weighted by atomic mass is 35.5. The summed E-state index contributed by atoms with van der Waals surface area (Å²) in [4.78, 5) is 0. The zero-order chi connectivity index (χ0) is 7.56. The summed E-state index contributed by atoms with van der Waals surface area (Å²) in [5.74, 6) is 0.390. The first-order chi connectivity index (χ1) is 4.74. The van der Waals surface area contributed by atoms with E-state index in [2.05, 4.69) is 4.29 Å². The van der Waals surface area contributed by atoms with Crippen LogP contribution in [0.2, 0.25) is 0 Å². The van der Waals surface area contributed by atoms with E-state index in [4.69, 9.17) is 23.3 Å². The Labute approximate surface area is 63.7 Å². The number of anilines is 2. The van der Waals surface area contributed by atoms with Gasteiger partial charge in [0, 0.05) is 11.8 Å². The molecule has 1 rings (SSSR count). The fourth-order valence-electron chi connectivity index (χ4n) is 0.618. The molecule has 0 spiro atoms. The number of hydrogen-bond acceptors (Lipinski definition) is 3. The Morgan fingerprint density at radius 3 is 2.50 bits per heavy atom. The molecule has 0 aliphatic rings. The minimum Gasteiger partial charge on any atom is -0.399 e. The molecule has 3 nitrogen and oxygen atoms in total. The first kappa shape index (κ1) is 7.02. The van der Waals surface area contributed by atoms with Crippen LogP contribution in [0.4, 0.5) is 11.4 Å². The molecule has 4 heteroatoms. The molecule has 0 amide bonds. The zero-order valence-electron chi connectivity index (χ0n) is 5.17. The van der Waals surface area contributed by atoms with Crippen molar-refractivity contribution in [2.24, 2.45) is 0 Å². The lowest BCUT2D eigenvalue weighted by atomic mass is 10.3. The third kappa shape index (κ3) is 1.25. The van der Waals surface area contributed by atoms with Gasteiger partial charge in [0.15, 0.2) is 5.75 Å². The van der Waals surface area contributed by atoms with E-state index >= 15 is 0 Å². The molecule has 0 saturated heterocycles. The summed E-state index contributed by atoms with van der Waals surface area (Å²) in [6.07, 6.45) is 0. The molecule has 1 aromatic rings. The number of nitrogens with two attached hydrogens (primary N) is 2. The summed E-state index contributed by atoms with van der Waals surface area (Å²) < 4.78 is 4.39. The molecule has 0 bridgehead atoms. The van der Waals surface area contributed by atoms with E-state index in [0.717, 1.165) is 0 Å². The van der Waals surface area contributed by atoms with E-state index in [9.17, 15) is 0 Å². The van der Waals surface area contributed by atoms with E-state index in [0.29, 0.717) is 17.1 Å². The van der Waals surface area contributed by atoms with Crippen LogP contribution in [0.1, 0.15) is 0 Å². The van der Waals surface area contributed by atoms with Crippen LogP contribution in [0, 0.1) is 0 Å². The van der Waals surface area contributed by atoms with Gasteiger partial charge in [-0.3, -0.25) is 0 Å². The van der Waals surface area contributed by atoms with Gasteiger partial charge in [0.2, 0.25) is 0 Å². The Kier molecular flexibility index (Phi) is 1.87. The maximum atomic E-state index is 5.43. The van der Waals surface area contributed by atoms with Crippen LogP contribution in [0.3, 0.4) is 0 Å². The Hall–Kier alpha value is -1.09. The summed E-state index contributed by atoms with van der Waals surface area (Å²) in [6, 6.07) is 4.87. The fraction of sp³-hybridized carbons (Fsp3) is 0. The van der Waals surface area contributed by atoms with Crippen LogP contribution in [-0.2, 0) is 0 Å². The molecule has 0 heterocycles. The zero-order valence-corrected chi connectivity index (χ0v) is 5.93. The van der Waals surface area contributed by atoms with E-state index in [1.807, 2.05) is 0 Å². The first-order valence-electron chi connectivity index (χ1n) is 2.67. The molecule has 54 valence electrons. The van der Waals surface area contributed by atoms with Gasteiger partial charge in [0.05, 0.1) is 5.69 Å². The number of halogens is 1. The van der Waals surface area contributed by atoms with E-state index < -0.39 is 0 Å². The first-order valence-corrected chi connectivity index (χ1v) is 2.98. The van der Waals surface area contributed by atoms with Gasteiger partial charge in [-0.05, 0) is 12.1 Å². The Balaban J connectivity index is 3.09. The predicted octanol–water partition coefficient (Wildman–Crippen LogP) is 1.38. The quantitative estimate of drug-likeness (QED) is 0.607. The third-order valence-corrected chi connectivity index (χ3v) is 1.29. The van der Waals surface area contributed by atoms with E-state index in [1.54, 1.807) is 18.2 Å². The number of rotatable bonds is 1. The Morgan fingerprint density at radius 1 is 1.30 bits per heavy atom. The van der Waals surface area contributed by atoms with Crippen LogP contribution in [0.5, 0.6) is 5.75 Å². The summed E-state index contributed by atoms with van der Waals surface area (Å²) in [5.41, 5.74) is 11.9. The highest BCUT2D eigenvalue weighted by Crippen LogP contribution is 2.24. The van der Waals surface area contributed by atoms with Gasteiger partial charge in [-0.2, -0.15) is 0 Å². The summed E-state index contributed by atoms with van der Waals surface area (Å²) in [7, 11) is 0. The van der Waals surface area contributed by atoms with Crippen molar-refractivity contribution in [1.29, 1.82) is 0 Å². The fourth-order valence-corrected chi connectivity index (χ4v) is 0.751. The SMILES string of the molecule is Nc1ccc(N)c(OCl)c1. The molecule has 10 heavy (non-hydrogen) atoms. The summed E-state index contributed by atoms with van der Waals surface area (Å²) in [5, 5.41) is 0. The second-order valence-corrected chi connectivity index (χ2v) is 2.03. The lowest BCUT2D eigenvalue weighted by molar-refractivity contribution is 0.623. The molecular weight excluding hydrogens is 152 g/mol. The monoisotopic (exact) mass is 158 g/mol. The molecule has 1 aromatic carbocycles. The highest BCUT2D eigenvalue weighted by molar-refractivity contribution is 6.09. The Bertz CT molecular complexity index is 239. The summed E-state index contributed by atoms with van der Waals surface area (Å²) in [6.45, 7) is 0. The molecule has 0 aliphatic carbocycles. The average Bonchev–Trinajstić information content (AvgIpc) is 1.94. The molecule has 0 aliphatic heterocycles. The predicted molar refractivity (Wildman–Crippen MR) is 41.7 cm³/mol. The molecule has 4 N–H and O–H groups in total. The van der Waals surface area contributed by atoms with Crippen LogP contribution >= 0.6 is 11.9 Å². The van der Waals surface area contributed by atoms with Crippen LogP contribution in [-0.4, -0.2) is 0 Å². The topological polar surface area (TPSA) is 61.3 Å². The van der Waals surface area contributed by atoms with Crippen molar-refractivity contribution in [2.45, 2.75) is 0 Å².